The molecule has 0 bridgehead atoms. The Morgan fingerprint density at radius 3 is 0.722 bits per heavy atom. The van der Waals surface area contributed by atoms with E-state index < -0.39 is 0 Å². The van der Waals surface area contributed by atoms with Crippen molar-refractivity contribution in [2.75, 3.05) is 0 Å². The predicted octanol–water partition coefficient (Wildman–Crippen LogP) is 3.72. The average molecular weight is 850 g/mol. The molecular formula is C12H20VW2Y3-6. The predicted molar refractivity (Wildman–Crippen MR) is 61.1 cm³/mol. The molecule has 0 rings (SSSR count). The summed E-state index contributed by atoms with van der Waals surface area (Å²) in [4.78, 5) is 0. The molecule has 0 fully saturated rings. The van der Waals surface area contributed by atoms with Gasteiger partial charge in [-0.15, -0.1) is 0 Å². The Kier molecular flexibility index (Phi) is 587. The smallest absolute Gasteiger partial charge is 0.549 e. The maximum atomic E-state index is 4.61. The second kappa shape index (κ2) is 132. The van der Waals surface area contributed by atoms with Gasteiger partial charge in [-0.3, -0.25) is 0 Å². The molecule has 0 saturated carbocycles. The SMILES string of the molecule is [CH-]=C[CH2-].[CH-]=C[CH2-].[CH2-]C=C[CH2-].[CH3-].[CH3-].[V].[W+2].[W].[Y].[Y].[Y]. The first-order valence-electron chi connectivity index (χ1n) is 2.63. The zero-order chi connectivity index (χ0) is 8.83. The van der Waals surface area contributed by atoms with Gasteiger partial charge in [0.25, 0.3) is 0 Å². The van der Waals surface area contributed by atoms with Crippen LogP contribution in [0.15, 0.2) is 24.3 Å². The maximum Gasteiger partial charge on any atom is 2.00 e. The summed E-state index contributed by atoms with van der Waals surface area (Å²) >= 11 is 0. The van der Waals surface area contributed by atoms with Crippen LogP contribution in [0.25, 0.3) is 0 Å². The third kappa shape index (κ3) is 291. The molecule has 0 spiro atoms. The Hall–Kier alpha value is 3.97. The van der Waals surface area contributed by atoms with Crippen LogP contribution in [0.2, 0.25) is 0 Å². The molecule has 0 atom stereocenters. The monoisotopic (exact) mass is 850 g/mol. The Morgan fingerprint density at radius 2 is 0.722 bits per heavy atom. The van der Waals surface area contributed by atoms with Crippen molar-refractivity contribution >= 4 is 0 Å². The van der Waals surface area contributed by atoms with Crippen LogP contribution in [0.1, 0.15) is 0 Å². The van der Waals surface area contributed by atoms with Gasteiger partial charge in [0.1, 0.15) is 0 Å². The zero-order valence-corrected chi connectivity index (χ0v) is 27.1. The first-order valence-corrected chi connectivity index (χ1v) is 2.63. The summed E-state index contributed by atoms with van der Waals surface area (Å²) in [6.45, 7) is 22.2. The van der Waals surface area contributed by atoms with E-state index in [0.29, 0.717) is 0 Å². The third-order valence-electron chi connectivity index (χ3n) is 0.167. The molecule has 0 heterocycles. The van der Waals surface area contributed by atoms with E-state index in [1.165, 1.54) is 12.2 Å². The van der Waals surface area contributed by atoms with Crippen LogP contribution in [0.5, 0.6) is 0 Å². The normalized spacial score (nSPS) is 3.33. The zero-order valence-electron chi connectivity index (χ0n) is 11.3. The molecule has 0 aromatic rings. The van der Waals surface area contributed by atoms with E-state index in [1.54, 1.807) is 12.2 Å². The van der Waals surface area contributed by atoms with Gasteiger partial charge in [-0.2, -0.15) is 0 Å². The summed E-state index contributed by atoms with van der Waals surface area (Å²) in [6, 6.07) is 0. The summed E-state index contributed by atoms with van der Waals surface area (Å²) in [5.41, 5.74) is 0. The van der Waals surface area contributed by atoms with E-state index in [0.717, 1.165) is 0 Å². The van der Waals surface area contributed by atoms with E-state index in [2.05, 4.69) is 40.9 Å². The summed E-state index contributed by atoms with van der Waals surface area (Å²) < 4.78 is 0. The second-order valence-corrected chi connectivity index (χ2v) is 0.943. The Balaban J connectivity index is -0.00000000374. The van der Waals surface area contributed by atoms with Crippen LogP contribution >= 0.6 is 0 Å². The number of allylic oxidation sites excluding steroid dienone is 4. The minimum Gasteiger partial charge on any atom is -0.549 e. The van der Waals surface area contributed by atoms with E-state index in [1.807, 2.05) is 0 Å². The molecule has 0 amide bonds. The number of hydrogen-bond donors (Lipinski definition) is 0. The van der Waals surface area contributed by atoms with Gasteiger partial charge in [0.2, 0.25) is 0 Å². The molecule has 100 valence electrons. The van der Waals surface area contributed by atoms with Crippen molar-refractivity contribution in [1.29, 1.82) is 0 Å². The molecule has 6 heteroatoms. The standard InChI is InChI=1S/C4H6.2C3H4.2CH3.V.2W.3Y/c1-3-4-2;2*1-3-2;;;;;;;;/h3-4H,1-2H2;2*1,3H,2H2;2*1H3;;;;;;/q3*-2;2*-1;;;+2;;;. The van der Waals surface area contributed by atoms with Gasteiger partial charge in [-0.05, 0) is 0 Å². The Labute approximate surface area is 234 Å². The fraction of sp³-hybridized carbons (Fsp3) is 0. The van der Waals surface area contributed by atoms with Gasteiger partial charge in [0, 0.05) is 138 Å². The van der Waals surface area contributed by atoms with Crippen molar-refractivity contribution < 1.29 is 159 Å². The molecule has 0 saturated heterocycles. The molecule has 0 aliphatic heterocycles. The molecule has 18 heavy (non-hydrogen) atoms. The molecular weight excluding hydrogens is 829 g/mol. The van der Waals surface area contributed by atoms with E-state index in [4.69, 9.17) is 0 Å². The Morgan fingerprint density at radius 1 is 0.667 bits per heavy atom. The largest absolute Gasteiger partial charge is 2.00 e. The van der Waals surface area contributed by atoms with Crippen LogP contribution in [0.4, 0.5) is 0 Å². The maximum absolute atomic E-state index is 4.61. The minimum absolute atomic E-state index is 0. The topological polar surface area (TPSA) is 0 Å². The Bertz CT molecular complexity index is 83.4. The van der Waals surface area contributed by atoms with Crippen LogP contribution in [0.3, 0.4) is 0 Å². The average Bonchev–Trinajstić information content (AvgIpc) is 1.91. The van der Waals surface area contributed by atoms with Crippen molar-refractivity contribution in [2.45, 2.75) is 0 Å². The van der Waals surface area contributed by atoms with Crippen LogP contribution in [0, 0.1) is 55.7 Å². The molecule has 4 radical (unpaired) electrons. The summed E-state index contributed by atoms with van der Waals surface area (Å²) in [7, 11) is 0. The molecule has 0 aromatic heterocycles. The van der Waals surface area contributed by atoms with Crippen LogP contribution in [-0.4, -0.2) is 0 Å². The third-order valence-corrected chi connectivity index (χ3v) is 0.167. The van der Waals surface area contributed by atoms with Crippen molar-refractivity contribution in [3.8, 4) is 0 Å². The molecule has 0 aromatic carbocycles. The van der Waals surface area contributed by atoms with Gasteiger partial charge in [0.15, 0.2) is 0 Å². The van der Waals surface area contributed by atoms with Crippen molar-refractivity contribution in [3.05, 3.63) is 80.0 Å². The summed E-state index contributed by atoms with van der Waals surface area (Å²) in [6.07, 6.45) is 5.78. The number of rotatable bonds is 0. The van der Waals surface area contributed by atoms with Crippen LogP contribution < -0.4 is 0 Å². The fourth-order valence-electron chi connectivity index (χ4n) is 0. The van der Waals surface area contributed by atoms with Gasteiger partial charge in [-0.25, -0.2) is 0 Å². The molecule has 0 aliphatic carbocycles. The molecule has 0 nitrogen and oxygen atoms in total. The molecule has 0 N–H and O–H groups in total. The van der Waals surface area contributed by atoms with Crippen LogP contribution in [-0.2, 0) is 159 Å². The van der Waals surface area contributed by atoms with E-state index in [-0.39, 0.29) is 174 Å². The first kappa shape index (κ1) is 80.3. The van der Waals surface area contributed by atoms with Crippen molar-refractivity contribution in [1.82, 2.24) is 0 Å². The fourth-order valence-corrected chi connectivity index (χ4v) is 0. The molecule has 0 aliphatic rings. The van der Waals surface area contributed by atoms with Gasteiger partial charge < -0.3 is 80.0 Å². The molecule has 0 unspecified atom stereocenters. The van der Waals surface area contributed by atoms with Crippen molar-refractivity contribution in [3.63, 3.8) is 0 Å². The summed E-state index contributed by atoms with van der Waals surface area (Å²) in [5, 5.41) is 0. The summed E-state index contributed by atoms with van der Waals surface area (Å²) in [5.74, 6) is 0. The quantitative estimate of drug-likeness (QED) is 0.327. The van der Waals surface area contributed by atoms with Gasteiger partial charge in [0.05, 0.1) is 0 Å². The van der Waals surface area contributed by atoms with Gasteiger partial charge in [-0.1, -0.05) is 0 Å². The van der Waals surface area contributed by atoms with Crippen molar-refractivity contribution in [2.24, 2.45) is 0 Å². The van der Waals surface area contributed by atoms with Gasteiger partial charge >= 0.3 is 21.1 Å². The van der Waals surface area contributed by atoms with E-state index >= 15 is 0 Å². The first-order chi connectivity index (χ1) is 4.74. The van der Waals surface area contributed by atoms with E-state index in [9.17, 15) is 0 Å². The second-order valence-electron chi connectivity index (χ2n) is 0.943. The minimum atomic E-state index is 0. The number of hydrogen-bond acceptors (Lipinski definition) is 0.